The lowest BCUT2D eigenvalue weighted by Gasteiger charge is -2.07. The van der Waals surface area contributed by atoms with Crippen molar-refractivity contribution in [3.63, 3.8) is 0 Å². The third-order valence-corrected chi connectivity index (χ3v) is 4.32. The highest BCUT2D eigenvalue weighted by Crippen LogP contribution is 2.21. The fraction of sp³-hybridized carbons (Fsp3) is 0.222. The number of hydrogen-bond acceptors (Lipinski definition) is 4. The fourth-order valence-corrected chi connectivity index (χ4v) is 2.70. The molecular formula is C18H20N2O3S. The van der Waals surface area contributed by atoms with Crippen molar-refractivity contribution in [1.82, 2.24) is 5.32 Å². The van der Waals surface area contributed by atoms with Crippen LogP contribution in [0, 0.1) is 0 Å². The Kier molecular flexibility index (Phi) is 6.69. The number of rotatable bonds is 7. The first-order valence-electron chi connectivity index (χ1n) is 7.47. The molecule has 2 N–H and O–H groups in total. The van der Waals surface area contributed by atoms with Crippen LogP contribution in [0.25, 0.3) is 0 Å². The Balaban J connectivity index is 1.82. The summed E-state index contributed by atoms with van der Waals surface area (Å²) in [5.74, 6) is 1.00. The first-order valence-corrected chi connectivity index (χ1v) is 8.45. The van der Waals surface area contributed by atoms with Crippen LogP contribution < -0.4 is 15.4 Å². The molecule has 0 aliphatic heterocycles. The van der Waals surface area contributed by atoms with Gasteiger partial charge in [-0.05, 0) is 42.0 Å². The molecule has 0 aromatic heterocycles. The number of amides is 2. The molecule has 0 unspecified atom stereocenters. The molecular weight excluding hydrogens is 324 g/mol. The van der Waals surface area contributed by atoms with Gasteiger partial charge in [-0.3, -0.25) is 9.59 Å². The van der Waals surface area contributed by atoms with Crippen LogP contribution in [0.1, 0.15) is 5.56 Å². The summed E-state index contributed by atoms with van der Waals surface area (Å²) < 4.78 is 5.10. The van der Waals surface area contributed by atoms with Crippen LogP contribution in [0.4, 0.5) is 5.69 Å². The van der Waals surface area contributed by atoms with Crippen molar-refractivity contribution in [1.29, 1.82) is 0 Å². The van der Waals surface area contributed by atoms with Crippen LogP contribution in [0.15, 0.2) is 53.4 Å². The molecule has 0 spiro atoms. The summed E-state index contributed by atoms with van der Waals surface area (Å²) in [5, 5.41) is 5.42. The van der Waals surface area contributed by atoms with E-state index in [9.17, 15) is 9.59 Å². The van der Waals surface area contributed by atoms with E-state index in [4.69, 9.17) is 4.74 Å². The summed E-state index contributed by atoms with van der Waals surface area (Å²) in [6.45, 7) is 0. The normalized spacial score (nSPS) is 10.1. The Hall–Kier alpha value is -2.47. The molecule has 2 aromatic rings. The minimum atomic E-state index is -0.0742. The highest BCUT2D eigenvalue weighted by atomic mass is 32.2. The molecule has 6 heteroatoms. The quantitative estimate of drug-likeness (QED) is 0.758. The lowest BCUT2D eigenvalue weighted by atomic mass is 10.1. The Morgan fingerprint density at radius 1 is 1.00 bits per heavy atom. The van der Waals surface area contributed by atoms with Crippen LogP contribution in [0.3, 0.4) is 0 Å². The summed E-state index contributed by atoms with van der Waals surface area (Å²) >= 11 is 1.46. The van der Waals surface area contributed by atoms with E-state index in [0.717, 1.165) is 21.9 Å². The van der Waals surface area contributed by atoms with E-state index in [0.29, 0.717) is 12.2 Å². The molecule has 24 heavy (non-hydrogen) atoms. The number of benzene rings is 2. The van der Waals surface area contributed by atoms with Gasteiger partial charge in [0.1, 0.15) is 5.75 Å². The van der Waals surface area contributed by atoms with Crippen molar-refractivity contribution >= 4 is 29.3 Å². The molecule has 0 aliphatic rings. The predicted octanol–water partition coefficient (Wildman–Crippen LogP) is 2.71. The van der Waals surface area contributed by atoms with Crippen LogP contribution in [-0.4, -0.2) is 31.7 Å². The van der Waals surface area contributed by atoms with Crippen molar-refractivity contribution < 1.29 is 14.3 Å². The molecule has 2 rings (SSSR count). The van der Waals surface area contributed by atoms with Crippen molar-refractivity contribution in [3.05, 3.63) is 54.1 Å². The largest absolute Gasteiger partial charge is 0.497 e. The lowest BCUT2D eigenvalue weighted by Crippen LogP contribution is -2.20. The third kappa shape index (κ3) is 5.62. The minimum absolute atomic E-state index is 0.0392. The minimum Gasteiger partial charge on any atom is -0.497 e. The first kappa shape index (κ1) is 17.9. The van der Waals surface area contributed by atoms with Crippen molar-refractivity contribution in [2.24, 2.45) is 0 Å². The molecule has 0 saturated heterocycles. The Morgan fingerprint density at radius 3 is 2.25 bits per heavy atom. The van der Waals surface area contributed by atoms with Crippen LogP contribution in [0.2, 0.25) is 0 Å². The highest BCUT2D eigenvalue weighted by molar-refractivity contribution is 8.00. The van der Waals surface area contributed by atoms with Gasteiger partial charge in [-0.15, -0.1) is 11.8 Å². The van der Waals surface area contributed by atoms with Gasteiger partial charge in [-0.2, -0.15) is 0 Å². The average Bonchev–Trinajstić information content (AvgIpc) is 2.62. The lowest BCUT2D eigenvalue weighted by molar-refractivity contribution is -0.120. The maximum Gasteiger partial charge on any atom is 0.234 e. The van der Waals surface area contributed by atoms with Gasteiger partial charge in [-0.25, -0.2) is 0 Å². The number of methoxy groups -OCH3 is 1. The van der Waals surface area contributed by atoms with Gasteiger partial charge in [0.25, 0.3) is 0 Å². The van der Waals surface area contributed by atoms with E-state index >= 15 is 0 Å². The first-order chi connectivity index (χ1) is 11.6. The monoisotopic (exact) mass is 344 g/mol. The molecule has 0 aliphatic carbocycles. The molecule has 0 atom stereocenters. The number of carbonyl (C=O) groups excluding carboxylic acids is 2. The Bertz CT molecular complexity index is 684. The zero-order valence-electron chi connectivity index (χ0n) is 13.7. The summed E-state index contributed by atoms with van der Waals surface area (Å²) in [7, 11) is 3.23. The van der Waals surface area contributed by atoms with E-state index < -0.39 is 0 Å². The third-order valence-electron chi connectivity index (χ3n) is 3.31. The molecule has 2 aromatic carbocycles. The molecule has 0 bridgehead atoms. The number of carbonyl (C=O) groups is 2. The van der Waals surface area contributed by atoms with E-state index in [1.165, 1.54) is 11.8 Å². The second kappa shape index (κ2) is 8.98. The van der Waals surface area contributed by atoms with Crippen molar-refractivity contribution in [2.45, 2.75) is 11.3 Å². The number of hydrogen-bond donors (Lipinski definition) is 2. The van der Waals surface area contributed by atoms with Crippen molar-refractivity contribution in [3.8, 4) is 5.75 Å². The second-order valence-electron chi connectivity index (χ2n) is 5.06. The smallest absolute Gasteiger partial charge is 0.234 e. The molecule has 0 saturated carbocycles. The molecule has 0 radical (unpaired) electrons. The second-order valence-corrected chi connectivity index (χ2v) is 6.11. The number of thioether (sulfide) groups is 1. The van der Waals surface area contributed by atoms with E-state index in [1.807, 2.05) is 36.4 Å². The molecule has 0 heterocycles. The molecule has 5 nitrogen and oxygen atoms in total. The van der Waals surface area contributed by atoms with E-state index in [-0.39, 0.29) is 11.8 Å². The summed E-state index contributed by atoms with van der Waals surface area (Å²) in [6.07, 6.45) is 0.331. The SMILES string of the molecule is CNC(=O)Cc1ccc(NC(=O)CSc2ccc(OC)cc2)cc1. The summed E-state index contributed by atoms with van der Waals surface area (Å²) in [6, 6.07) is 14.8. The Morgan fingerprint density at radius 2 is 1.67 bits per heavy atom. The van der Waals surface area contributed by atoms with Crippen LogP contribution in [-0.2, 0) is 16.0 Å². The molecule has 2 amide bonds. The zero-order chi connectivity index (χ0) is 17.4. The maximum atomic E-state index is 12.0. The van der Waals surface area contributed by atoms with Gasteiger partial charge in [0, 0.05) is 17.6 Å². The highest BCUT2D eigenvalue weighted by Gasteiger charge is 2.05. The van der Waals surface area contributed by atoms with Gasteiger partial charge in [0.05, 0.1) is 19.3 Å². The number of nitrogens with one attached hydrogen (secondary N) is 2. The standard InChI is InChI=1S/C18H20N2O3S/c1-19-17(21)11-13-3-5-14(6-4-13)20-18(22)12-24-16-9-7-15(23-2)8-10-16/h3-10H,11-12H2,1-2H3,(H,19,21)(H,20,22). The molecule has 0 fully saturated rings. The van der Waals surface area contributed by atoms with Crippen LogP contribution in [0.5, 0.6) is 5.75 Å². The summed E-state index contributed by atoms with van der Waals surface area (Å²) in [4.78, 5) is 24.3. The molecule has 126 valence electrons. The van der Waals surface area contributed by atoms with Crippen LogP contribution >= 0.6 is 11.8 Å². The maximum absolute atomic E-state index is 12.0. The predicted molar refractivity (Wildman–Crippen MR) is 96.6 cm³/mol. The number of likely N-dealkylation sites (N-methyl/N-ethyl adjacent to an activating group) is 1. The van der Waals surface area contributed by atoms with Gasteiger partial charge < -0.3 is 15.4 Å². The van der Waals surface area contributed by atoms with Gasteiger partial charge in [-0.1, -0.05) is 12.1 Å². The van der Waals surface area contributed by atoms with E-state index in [1.54, 1.807) is 26.3 Å². The summed E-state index contributed by atoms with van der Waals surface area (Å²) in [5.41, 5.74) is 1.62. The average molecular weight is 344 g/mol. The topological polar surface area (TPSA) is 67.4 Å². The zero-order valence-corrected chi connectivity index (χ0v) is 14.5. The Labute approximate surface area is 145 Å². The fourth-order valence-electron chi connectivity index (χ4n) is 2.00. The number of anilines is 1. The number of ether oxygens (including phenoxy) is 1. The van der Waals surface area contributed by atoms with Gasteiger partial charge in [0.15, 0.2) is 0 Å². The van der Waals surface area contributed by atoms with Crippen molar-refractivity contribution in [2.75, 3.05) is 25.2 Å². The van der Waals surface area contributed by atoms with Gasteiger partial charge >= 0.3 is 0 Å². The van der Waals surface area contributed by atoms with Gasteiger partial charge in [0.2, 0.25) is 11.8 Å². The van der Waals surface area contributed by atoms with E-state index in [2.05, 4.69) is 10.6 Å².